The average molecular weight is 1470 g/mol. The fraction of sp³-hybridized carbons (Fsp3) is 0. The van der Waals surface area contributed by atoms with Gasteiger partial charge < -0.3 is 28.7 Å². The van der Waals surface area contributed by atoms with Crippen molar-refractivity contribution >= 4 is 155 Å². The summed E-state index contributed by atoms with van der Waals surface area (Å²) in [7, 11) is 0. The zero-order chi connectivity index (χ0) is 75.9. The van der Waals surface area contributed by atoms with Crippen LogP contribution in [0.2, 0.25) is 0 Å². The zero-order valence-corrected chi connectivity index (χ0v) is 62.2. The van der Waals surface area contributed by atoms with Crippen molar-refractivity contribution in [2.45, 2.75) is 0 Å². The smallest absolute Gasteiger partial charge is 0.238 e. The van der Waals surface area contributed by atoms with Gasteiger partial charge in [0.15, 0.2) is 34.6 Å². The second kappa shape index (κ2) is 27.7. The minimum absolute atomic E-state index is 0.564. The van der Waals surface area contributed by atoms with Crippen molar-refractivity contribution in [2.24, 2.45) is 0 Å². The summed E-state index contributed by atoms with van der Waals surface area (Å²) in [5.74, 6) is 5.35. The molecule has 0 aliphatic carbocycles. The van der Waals surface area contributed by atoms with E-state index in [9.17, 15) is 0 Å². The molecule has 19 aromatic carbocycles. The minimum Gasteiger partial charge on any atom is -0.452 e. The number of aromatic nitrogens is 4. The first-order valence-corrected chi connectivity index (χ1v) is 38.8. The van der Waals surface area contributed by atoms with Crippen LogP contribution in [-0.2, 0) is 0 Å². The van der Waals surface area contributed by atoms with E-state index in [2.05, 4.69) is 376 Å². The molecule has 21 aromatic rings. The van der Waals surface area contributed by atoms with Crippen LogP contribution in [0.25, 0.3) is 115 Å². The highest BCUT2D eigenvalue weighted by Crippen LogP contribution is 2.60. The fourth-order valence-electron chi connectivity index (χ4n) is 17.2. The Kier molecular flexibility index (Phi) is 16.0. The number of hydrogen-bond acceptors (Lipinski definition) is 9. The fourth-order valence-corrected chi connectivity index (χ4v) is 17.2. The first kappa shape index (κ1) is 66.3. The Morgan fingerprint density at radius 2 is 0.522 bits per heavy atom. The quantitative estimate of drug-likeness (QED) is 0.155. The molecule has 0 amide bonds. The molecule has 0 fully saturated rings. The molecular formula is C105H68N8O2. The van der Waals surface area contributed by atoms with E-state index in [0.29, 0.717) is 17.6 Å². The Balaban J connectivity index is 0.000000108. The Bertz CT molecular complexity index is 7330. The summed E-state index contributed by atoms with van der Waals surface area (Å²) in [5, 5.41) is 16.3. The lowest BCUT2D eigenvalue weighted by molar-refractivity contribution is 0.483. The van der Waals surface area contributed by atoms with Crippen molar-refractivity contribution in [2.75, 3.05) is 19.6 Å². The van der Waals surface area contributed by atoms with Crippen LogP contribution in [0.1, 0.15) is 0 Å². The third-order valence-corrected chi connectivity index (χ3v) is 22.3. The summed E-state index contributed by atoms with van der Waals surface area (Å²) in [6, 6.07) is 144. The lowest BCUT2D eigenvalue weighted by atomic mass is 9.97. The lowest BCUT2D eigenvalue weighted by Gasteiger charge is -2.40. The zero-order valence-electron chi connectivity index (χ0n) is 62.2. The Morgan fingerprint density at radius 1 is 0.200 bits per heavy atom. The van der Waals surface area contributed by atoms with E-state index < -0.39 is 0 Å². The van der Waals surface area contributed by atoms with Gasteiger partial charge in [-0.1, -0.05) is 315 Å². The molecule has 0 bridgehead atoms. The van der Waals surface area contributed by atoms with Gasteiger partial charge in [0.1, 0.15) is 0 Å². The summed E-state index contributed by atoms with van der Waals surface area (Å²) in [6.45, 7) is 0. The topological polar surface area (TPSA) is 75.0 Å². The molecule has 10 heteroatoms. The molecule has 5 heterocycles. The monoisotopic (exact) mass is 1470 g/mol. The molecule has 2 aromatic heterocycles. The molecule has 3 aliphatic heterocycles. The molecule has 540 valence electrons. The number of nitrogens with zero attached hydrogens (tertiary/aromatic N) is 8. The number of rotatable bonds is 7. The molecule has 0 saturated carbocycles. The second-order valence-corrected chi connectivity index (χ2v) is 29.0. The summed E-state index contributed by atoms with van der Waals surface area (Å²) in [4.78, 5) is 24.8. The van der Waals surface area contributed by atoms with Crippen LogP contribution < -0.4 is 29.1 Å². The van der Waals surface area contributed by atoms with Gasteiger partial charge >= 0.3 is 0 Å². The molecule has 0 unspecified atom stereocenters. The standard InChI is InChI=1S/C41H27N5.C38H24N2O.C26H17NO/c1-4-16-30(17-5-1)39-42-40(31-18-6-2-7-19-31)44-41(43-39)46-36-27-25-28-14-10-12-22-33(28)37(36)45(32-20-8-3-9-21-32)35-26-24-29-15-11-13-23-34(29)38(35)46;1-2-12-27(13-3-1)39-33-17-9-8-16-31(33)32-24-28(20-22-34(32)39)40-35-21-18-26-11-5-7-15-30(26)38(35)41-36-23-19-25-10-4-6-14-29(25)37(36)40;1-2-10-20(11-3-1)27-23-16-14-19-9-5-7-13-22(19)26(23)28-24-17-15-18-8-4-6-12-21(18)25(24)27/h1-27H;1-24H;1-17H. The van der Waals surface area contributed by atoms with E-state index in [-0.39, 0.29) is 0 Å². The van der Waals surface area contributed by atoms with Crippen molar-refractivity contribution in [3.8, 4) is 51.5 Å². The van der Waals surface area contributed by atoms with Crippen LogP contribution >= 0.6 is 0 Å². The Hall–Kier alpha value is -15.7. The van der Waals surface area contributed by atoms with Gasteiger partial charge in [-0.3, -0.25) is 4.90 Å². The number of fused-ring (bicyclic) bond motifs is 21. The highest BCUT2D eigenvalue weighted by atomic mass is 16.5. The van der Waals surface area contributed by atoms with Crippen LogP contribution in [-0.4, -0.2) is 19.5 Å². The average Bonchev–Trinajstić information content (AvgIpc) is 1.60. The summed E-state index contributed by atoms with van der Waals surface area (Å²) in [6.07, 6.45) is 0. The van der Waals surface area contributed by atoms with Crippen molar-refractivity contribution in [1.29, 1.82) is 0 Å². The van der Waals surface area contributed by atoms with Crippen LogP contribution in [0.3, 0.4) is 0 Å². The third kappa shape index (κ3) is 11.3. The van der Waals surface area contributed by atoms with E-state index in [1.54, 1.807) is 0 Å². The van der Waals surface area contributed by atoms with Gasteiger partial charge in [-0.25, -0.2) is 4.98 Å². The summed E-state index contributed by atoms with van der Waals surface area (Å²) < 4.78 is 15.6. The predicted molar refractivity (Wildman–Crippen MR) is 475 cm³/mol. The normalized spacial score (nSPS) is 12.4. The van der Waals surface area contributed by atoms with E-state index in [4.69, 9.17) is 24.4 Å². The Labute approximate surface area is 663 Å². The van der Waals surface area contributed by atoms with E-state index >= 15 is 0 Å². The van der Waals surface area contributed by atoms with Gasteiger partial charge in [0.2, 0.25) is 5.95 Å². The first-order valence-electron chi connectivity index (χ1n) is 38.8. The van der Waals surface area contributed by atoms with Crippen molar-refractivity contribution in [3.05, 3.63) is 413 Å². The van der Waals surface area contributed by atoms with Crippen molar-refractivity contribution in [1.82, 2.24) is 19.5 Å². The van der Waals surface area contributed by atoms with Gasteiger partial charge in [0.25, 0.3) is 0 Å². The lowest BCUT2D eigenvalue weighted by Crippen LogP contribution is -2.26. The van der Waals surface area contributed by atoms with Crippen LogP contribution in [0.15, 0.2) is 413 Å². The van der Waals surface area contributed by atoms with E-state index in [1.807, 2.05) is 60.7 Å². The van der Waals surface area contributed by atoms with Gasteiger partial charge in [-0.05, 0) is 129 Å². The van der Waals surface area contributed by atoms with E-state index in [1.165, 1.54) is 43.4 Å². The molecule has 0 atom stereocenters. The molecule has 115 heavy (non-hydrogen) atoms. The number of benzene rings is 19. The molecule has 0 radical (unpaired) electrons. The number of para-hydroxylation sites is 4. The summed E-state index contributed by atoms with van der Waals surface area (Å²) in [5.41, 5.74) is 17.1. The summed E-state index contributed by atoms with van der Waals surface area (Å²) >= 11 is 0. The van der Waals surface area contributed by atoms with E-state index in [0.717, 1.165) is 145 Å². The Morgan fingerprint density at radius 3 is 0.983 bits per heavy atom. The second-order valence-electron chi connectivity index (χ2n) is 29.0. The van der Waals surface area contributed by atoms with Gasteiger partial charge in [-0.2, -0.15) is 9.97 Å². The maximum absolute atomic E-state index is 6.72. The van der Waals surface area contributed by atoms with Crippen LogP contribution in [0.5, 0.6) is 23.0 Å². The maximum atomic E-state index is 6.72. The van der Waals surface area contributed by atoms with Crippen LogP contribution in [0.4, 0.5) is 68.5 Å². The van der Waals surface area contributed by atoms with Crippen molar-refractivity contribution < 1.29 is 9.47 Å². The number of ether oxygens (including phenoxy) is 2. The largest absolute Gasteiger partial charge is 0.452 e. The molecule has 0 saturated heterocycles. The SMILES string of the molecule is c1ccc(-c2nc(-c3ccccc3)nc(N3c4ccc5ccccc5c4N(c4ccccc4)c4ccc5ccccc5c43)n2)cc1.c1ccc(-n2c3ccccc3c3cc(N4c5ccc6ccccc6c5Oc5ccc6ccccc6c54)ccc32)cc1.c1ccc(N2c3ccc4ccccc4c3Oc3ccc4ccccc4c32)cc1. The van der Waals surface area contributed by atoms with Gasteiger partial charge in [0, 0.05) is 77.0 Å². The molecule has 0 spiro atoms. The van der Waals surface area contributed by atoms with Crippen molar-refractivity contribution in [3.63, 3.8) is 0 Å². The first-order chi connectivity index (χ1) is 57.1. The maximum Gasteiger partial charge on any atom is 0.238 e. The molecule has 0 N–H and O–H groups in total. The highest BCUT2D eigenvalue weighted by Gasteiger charge is 2.37. The molecule has 3 aliphatic rings. The third-order valence-electron chi connectivity index (χ3n) is 22.3. The molecular weight excluding hydrogens is 1410 g/mol. The van der Waals surface area contributed by atoms with Crippen LogP contribution in [0, 0.1) is 0 Å². The van der Waals surface area contributed by atoms with Gasteiger partial charge in [0.05, 0.1) is 56.5 Å². The number of hydrogen-bond donors (Lipinski definition) is 0. The molecule has 10 nitrogen and oxygen atoms in total. The minimum atomic E-state index is 0.564. The molecule has 24 rings (SSSR count). The number of anilines is 12. The predicted octanol–water partition coefficient (Wildman–Crippen LogP) is 29.0. The highest BCUT2D eigenvalue weighted by molar-refractivity contribution is 6.18. The van der Waals surface area contributed by atoms with Gasteiger partial charge in [-0.15, -0.1) is 0 Å².